The zero-order valence-electron chi connectivity index (χ0n) is 11.8. The van der Waals surface area contributed by atoms with Crippen molar-refractivity contribution in [2.75, 3.05) is 0 Å². The summed E-state index contributed by atoms with van der Waals surface area (Å²) >= 11 is 0. The van der Waals surface area contributed by atoms with Gasteiger partial charge in [-0.25, -0.2) is 9.78 Å². The first-order chi connectivity index (χ1) is 9.61. The molecule has 1 heterocycles. The molecule has 1 aromatic carbocycles. The van der Waals surface area contributed by atoms with Gasteiger partial charge in [-0.15, -0.1) is 0 Å². The van der Waals surface area contributed by atoms with Crippen molar-refractivity contribution in [3.63, 3.8) is 0 Å². The number of oxazole rings is 1. The van der Waals surface area contributed by atoms with Gasteiger partial charge in [0.15, 0.2) is 0 Å². The molecule has 0 aliphatic heterocycles. The summed E-state index contributed by atoms with van der Waals surface area (Å²) in [6, 6.07) is 7.95. The number of carbonyl (C=O) groups is 1. The quantitative estimate of drug-likeness (QED) is 0.805. The molecule has 0 unspecified atom stereocenters. The van der Waals surface area contributed by atoms with E-state index in [1.807, 2.05) is 24.3 Å². The van der Waals surface area contributed by atoms with Crippen LogP contribution in [0.2, 0.25) is 0 Å². The van der Waals surface area contributed by atoms with E-state index in [0.717, 1.165) is 12.0 Å². The Morgan fingerprint density at radius 3 is 2.50 bits per heavy atom. The molecule has 0 aliphatic carbocycles. The Bertz CT molecular complexity index is 584. The minimum atomic E-state index is -1.09. The molecule has 1 N–H and O–H groups in total. The number of carboxylic acid groups (broad SMARTS) is 1. The van der Waals surface area contributed by atoms with Crippen LogP contribution in [0.3, 0.4) is 0 Å². The lowest BCUT2D eigenvalue weighted by atomic mass is 10.1. The van der Waals surface area contributed by atoms with E-state index in [9.17, 15) is 4.79 Å². The van der Waals surface area contributed by atoms with Gasteiger partial charge in [-0.3, -0.25) is 0 Å². The van der Waals surface area contributed by atoms with Gasteiger partial charge in [0.05, 0.1) is 5.69 Å². The summed E-state index contributed by atoms with van der Waals surface area (Å²) in [5, 5.41) is 8.96. The van der Waals surface area contributed by atoms with Crippen LogP contribution in [0.1, 0.15) is 48.0 Å². The predicted octanol–water partition coefficient (Wildman–Crippen LogP) is 4.08. The van der Waals surface area contributed by atoms with Crippen LogP contribution in [-0.4, -0.2) is 16.1 Å². The number of benzene rings is 1. The first-order valence-electron chi connectivity index (χ1n) is 6.92. The van der Waals surface area contributed by atoms with Crippen LogP contribution in [0.5, 0.6) is 0 Å². The first kappa shape index (κ1) is 14.3. The monoisotopic (exact) mass is 273 g/mol. The van der Waals surface area contributed by atoms with Crippen molar-refractivity contribution < 1.29 is 14.3 Å². The Morgan fingerprint density at radius 2 is 1.95 bits per heavy atom. The van der Waals surface area contributed by atoms with Crippen LogP contribution < -0.4 is 0 Å². The number of carboxylic acids is 1. The molecule has 0 atom stereocenters. The number of unbranched alkanes of at least 4 members (excludes halogenated alkanes) is 2. The molecule has 0 saturated carbocycles. The summed E-state index contributed by atoms with van der Waals surface area (Å²) < 4.78 is 5.29. The number of hydrogen-bond acceptors (Lipinski definition) is 3. The maximum atomic E-state index is 10.9. The lowest BCUT2D eigenvalue weighted by Crippen LogP contribution is -1.95. The van der Waals surface area contributed by atoms with Crippen LogP contribution in [0.15, 0.2) is 28.7 Å². The standard InChI is InChI=1S/C16H19NO3/c1-3-4-5-6-12-7-9-13(10-8-12)15-17-11(2)14(20-15)16(18)19/h7-10H,3-6H2,1-2H3,(H,18,19). The molecule has 4 heteroatoms. The SMILES string of the molecule is CCCCCc1ccc(-c2nc(C)c(C(=O)O)o2)cc1. The highest BCUT2D eigenvalue weighted by Crippen LogP contribution is 2.22. The van der Waals surface area contributed by atoms with Crippen molar-refractivity contribution in [2.24, 2.45) is 0 Å². The highest BCUT2D eigenvalue weighted by Gasteiger charge is 2.16. The predicted molar refractivity (Wildman–Crippen MR) is 76.9 cm³/mol. The Morgan fingerprint density at radius 1 is 1.25 bits per heavy atom. The topological polar surface area (TPSA) is 63.3 Å². The van der Waals surface area contributed by atoms with E-state index >= 15 is 0 Å². The van der Waals surface area contributed by atoms with Gasteiger partial charge in [0.1, 0.15) is 0 Å². The number of aromatic carboxylic acids is 1. The summed E-state index contributed by atoms with van der Waals surface area (Å²) in [5.41, 5.74) is 2.49. The number of hydrogen-bond donors (Lipinski definition) is 1. The fourth-order valence-electron chi connectivity index (χ4n) is 2.11. The second-order valence-corrected chi connectivity index (χ2v) is 4.89. The molecular weight excluding hydrogens is 254 g/mol. The van der Waals surface area contributed by atoms with Gasteiger partial charge in [-0.05, 0) is 37.5 Å². The minimum Gasteiger partial charge on any atom is -0.475 e. The number of aryl methyl sites for hydroxylation is 2. The molecule has 0 radical (unpaired) electrons. The summed E-state index contributed by atoms with van der Waals surface area (Å²) in [7, 11) is 0. The molecule has 0 spiro atoms. The number of rotatable bonds is 6. The molecule has 0 bridgehead atoms. The normalized spacial score (nSPS) is 10.7. The molecule has 1 aromatic heterocycles. The van der Waals surface area contributed by atoms with Crippen LogP contribution in [0, 0.1) is 6.92 Å². The third-order valence-electron chi connectivity index (χ3n) is 3.26. The van der Waals surface area contributed by atoms with Crippen molar-refractivity contribution in [3.05, 3.63) is 41.3 Å². The van der Waals surface area contributed by atoms with Crippen LogP contribution in [0.4, 0.5) is 0 Å². The van der Waals surface area contributed by atoms with E-state index in [4.69, 9.17) is 9.52 Å². The third-order valence-corrected chi connectivity index (χ3v) is 3.26. The highest BCUT2D eigenvalue weighted by atomic mass is 16.4. The van der Waals surface area contributed by atoms with Crippen molar-refractivity contribution in [3.8, 4) is 11.5 Å². The molecule has 2 rings (SSSR count). The second-order valence-electron chi connectivity index (χ2n) is 4.89. The van der Waals surface area contributed by atoms with E-state index in [0.29, 0.717) is 11.6 Å². The minimum absolute atomic E-state index is 0.0907. The fraction of sp³-hybridized carbons (Fsp3) is 0.375. The molecule has 2 aromatic rings. The largest absolute Gasteiger partial charge is 0.475 e. The molecule has 0 fully saturated rings. The Labute approximate surface area is 118 Å². The van der Waals surface area contributed by atoms with Gasteiger partial charge < -0.3 is 9.52 Å². The van der Waals surface area contributed by atoms with E-state index in [2.05, 4.69) is 11.9 Å². The first-order valence-corrected chi connectivity index (χ1v) is 6.92. The smallest absolute Gasteiger partial charge is 0.373 e. The van der Waals surface area contributed by atoms with E-state index < -0.39 is 5.97 Å². The zero-order valence-corrected chi connectivity index (χ0v) is 11.8. The Kier molecular flexibility index (Phi) is 4.56. The van der Waals surface area contributed by atoms with Crippen molar-refractivity contribution >= 4 is 5.97 Å². The lowest BCUT2D eigenvalue weighted by molar-refractivity contribution is 0.0662. The molecule has 106 valence electrons. The van der Waals surface area contributed by atoms with Gasteiger partial charge >= 0.3 is 5.97 Å². The molecule has 20 heavy (non-hydrogen) atoms. The van der Waals surface area contributed by atoms with Gasteiger partial charge in [0, 0.05) is 5.56 Å². The Hall–Kier alpha value is -2.10. The van der Waals surface area contributed by atoms with Crippen LogP contribution in [0.25, 0.3) is 11.5 Å². The van der Waals surface area contributed by atoms with E-state index in [1.54, 1.807) is 6.92 Å². The van der Waals surface area contributed by atoms with Crippen molar-refractivity contribution in [1.82, 2.24) is 4.98 Å². The second kappa shape index (κ2) is 6.37. The van der Waals surface area contributed by atoms with Gasteiger partial charge in [0.25, 0.3) is 0 Å². The summed E-state index contributed by atoms with van der Waals surface area (Å²) in [5.74, 6) is -0.815. The molecule has 0 amide bonds. The van der Waals surface area contributed by atoms with E-state index in [-0.39, 0.29) is 5.76 Å². The molecule has 0 aliphatic rings. The zero-order chi connectivity index (χ0) is 14.5. The number of nitrogens with zero attached hydrogens (tertiary/aromatic N) is 1. The van der Waals surface area contributed by atoms with Crippen LogP contribution in [-0.2, 0) is 6.42 Å². The van der Waals surface area contributed by atoms with Crippen LogP contribution >= 0.6 is 0 Å². The van der Waals surface area contributed by atoms with Gasteiger partial charge in [-0.2, -0.15) is 0 Å². The van der Waals surface area contributed by atoms with Crippen molar-refractivity contribution in [1.29, 1.82) is 0 Å². The lowest BCUT2D eigenvalue weighted by Gasteiger charge is -2.01. The van der Waals surface area contributed by atoms with Gasteiger partial charge in [0.2, 0.25) is 11.7 Å². The third kappa shape index (κ3) is 3.26. The average molecular weight is 273 g/mol. The summed E-state index contributed by atoms with van der Waals surface area (Å²) in [4.78, 5) is 15.1. The molecule has 0 saturated heterocycles. The summed E-state index contributed by atoms with van der Waals surface area (Å²) in [6.45, 7) is 3.82. The molecule has 4 nitrogen and oxygen atoms in total. The average Bonchev–Trinajstić information content (AvgIpc) is 2.82. The van der Waals surface area contributed by atoms with Crippen molar-refractivity contribution in [2.45, 2.75) is 39.5 Å². The summed E-state index contributed by atoms with van der Waals surface area (Å²) in [6.07, 6.45) is 4.71. The maximum Gasteiger partial charge on any atom is 0.373 e. The maximum absolute atomic E-state index is 10.9. The highest BCUT2D eigenvalue weighted by molar-refractivity contribution is 5.86. The van der Waals surface area contributed by atoms with Gasteiger partial charge in [-0.1, -0.05) is 31.9 Å². The Balaban J connectivity index is 2.13. The molecular formula is C16H19NO3. The number of aromatic nitrogens is 1. The van der Waals surface area contributed by atoms with E-state index in [1.165, 1.54) is 24.8 Å². The fourth-order valence-corrected chi connectivity index (χ4v) is 2.11.